The third-order valence-electron chi connectivity index (χ3n) is 2.86. The maximum Gasteiger partial charge on any atom is 0.332 e. The summed E-state index contributed by atoms with van der Waals surface area (Å²) in [5, 5.41) is 0. The Hall–Kier alpha value is -1.88. The van der Waals surface area contributed by atoms with Crippen molar-refractivity contribution >= 4 is 17.6 Å². The van der Waals surface area contributed by atoms with Crippen molar-refractivity contribution in [2.45, 2.75) is 19.1 Å². The van der Waals surface area contributed by atoms with Crippen molar-refractivity contribution in [2.75, 3.05) is 18.6 Å². The monoisotopic (exact) mass is 249 g/mol. The van der Waals surface area contributed by atoms with Crippen molar-refractivity contribution < 1.29 is 19.1 Å². The lowest BCUT2D eigenvalue weighted by Gasteiger charge is -2.44. The van der Waals surface area contributed by atoms with Gasteiger partial charge in [0.05, 0.1) is 6.61 Å². The van der Waals surface area contributed by atoms with Crippen LogP contribution in [0.2, 0.25) is 0 Å². The van der Waals surface area contributed by atoms with Crippen molar-refractivity contribution in [1.29, 1.82) is 0 Å². The molecule has 1 aliphatic heterocycles. The van der Waals surface area contributed by atoms with Crippen LogP contribution >= 0.6 is 0 Å². The number of β-lactam (4-membered cyclic amide) rings is 1. The van der Waals surface area contributed by atoms with E-state index in [2.05, 4.69) is 0 Å². The highest BCUT2D eigenvalue weighted by Crippen LogP contribution is 2.30. The van der Waals surface area contributed by atoms with E-state index >= 15 is 0 Å². The van der Waals surface area contributed by atoms with Gasteiger partial charge in [0.2, 0.25) is 0 Å². The summed E-state index contributed by atoms with van der Waals surface area (Å²) in [5.74, 6) is -0.658. The van der Waals surface area contributed by atoms with Crippen molar-refractivity contribution in [3.05, 3.63) is 30.3 Å². The summed E-state index contributed by atoms with van der Waals surface area (Å²) in [4.78, 5) is 25.1. The number of ether oxygens (including phenoxy) is 2. The average molecular weight is 249 g/mol. The van der Waals surface area contributed by atoms with Gasteiger partial charge in [0.25, 0.3) is 5.91 Å². The minimum Gasteiger partial charge on any atom is -0.464 e. The van der Waals surface area contributed by atoms with Crippen LogP contribution in [0, 0.1) is 0 Å². The van der Waals surface area contributed by atoms with E-state index in [1.807, 2.05) is 18.2 Å². The molecule has 0 spiro atoms. The summed E-state index contributed by atoms with van der Waals surface area (Å²) >= 11 is 0. The van der Waals surface area contributed by atoms with Crippen LogP contribution in [0.1, 0.15) is 6.92 Å². The Morgan fingerprint density at radius 2 is 2.00 bits per heavy atom. The minimum absolute atomic E-state index is 0.221. The lowest BCUT2D eigenvalue weighted by molar-refractivity contribution is -0.160. The summed E-state index contributed by atoms with van der Waals surface area (Å²) in [6.07, 6.45) is -0.746. The number of carbonyl (C=O) groups excluding carboxylic acids is 2. The van der Waals surface area contributed by atoms with Gasteiger partial charge in [-0.2, -0.15) is 0 Å². The molecule has 1 aliphatic rings. The second-order valence-corrected chi connectivity index (χ2v) is 3.90. The van der Waals surface area contributed by atoms with E-state index in [0.29, 0.717) is 5.69 Å². The molecule has 2 rings (SSSR count). The number of benzene rings is 1. The van der Waals surface area contributed by atoms with Gasteiger partial charge in [-0.25, -0.2) is 4.79 Å². The van der Waals surface area contributed by atoms with Gasteiger partial charge in [-0.3, -0.25) is 9.69 Å². The Labute approximate surface area is 105 Å². The number of amides is 1. The summed E-state index contributed by atoms with van der Waals surface area (Å²) < 4.78 is 10.0. The van der Waals surface area contributed by atoms with Crippen molar-refractivity contribution in [1.82, 2.24) is 0 Å². The summed E-state index contributed by atoms with van der Waals surface area (Å²) in [6.45, 7) is 2.01. The predicted molar refractivity (Wildman–Crippen MR) is 65.1 cm³/mol. The van der Waals surface area contributed by atoms with Crippen LogP contribution < -0.4 is 4.90 Å². The molecule has 1 saturated heterocycles. The highest BCUT2D eigenvalue weighted by atomic mass is 16.5. The smallest absolute Gasteiger partial charge is 0.332 e. The van der Waals surface area contributed by atoms with Gasteiger partial charge in [-0.15, -0.1) is 0 Å². The minimum atomic E-state index is -0.746. The van der Waals surface area contributed by atoms with E-state index in [1.165, 1.54) is 12.0 Å². The molecule has 1 amide bonds. The number of hydrogen-bond acceptors (Lipinski definition) is 4. The molecule has 18 heavy (non-hydrogen) atoms. The van der Waals surface area contributed by atoms with E-state index in [1.54, 1.807) is 19.1 Å². The van der Waals surface area contributed by atoms with Gasteiger partial charge in [0.15, 0.2) is 12.1 Å². The molecule has 1 aromatic rings. The molecule has 0 N–H and O–H groups in total. The molecule has 0 bridgehead atoms. The fraction of sp³-hybridized carbons (Fsp3) is 0.385. The average Bonchev–Trinajstić information content (AvgIpc) is 2.38. The van der Waals surface area contributed by atoms with Crippen LogP contribution in [0.15, 0.2) is 30.3 Å². The van der Waals surface area contributed by atoms with Gasteiger partial charge in [0.1, 0.15) is 0 Å². The number of nitrogens with zero attached hydrogens (tertiary/aromatic N) is 1. The molecule has 0 unspecified atom stereocenters. The summed E-state index contributed by atoms with van der Waals surface area (Å²) in [6, 6.07) is 8.33. The van der Waals surface area contributed by atoms with E-state index in [4.69, 9.17) is 9.47 Å². The van der Waals surface area contributed by atoms with Crippen LogP contribution in [0.3, 0.4) is 0 Å². The Balaban J connectivity index is 2.24. The Morgan fingerprint density at radius 3 is 2.56 bits per heavy atom. The normalized spacial score (nSPS) is 22.6. The lowest BCUT2D eigenvalue weighted by atomic mass is 9.96. The Bertz CT molecular complexity index is 446. The number of carbonyl (C=O) groups is 2. The third-order valence-corrected chi connectivity index (χ3v) is 2.86. The molecule has 1 fully saturated rings. The maximum absolute atomic E-state index is 11.9. The number of rotatable bonds is 4. The first-order chi connectivity index (χ1) is 8.70. The van der Waals surface area contributed by atoms with Gasteiger partial charge in [-0.05, 0) is 19.1 Å². The van der Waals surface area contributed by atoms with E-state index in [0.717, 1.165) is 0 Å². The van der Waals surface area contributed by atoms with Crippen LogP contribution in [-0.4, -0.2) is 37.7 Å². The molecule has 0 aliphatic carbocycles. The van der Waals surface area contributed by atoms with Gasteiger partial charge >= 0.3 is 5.97 Å². The third kappa shape index (κ3) is 1.97. The molecule has 5 heteroatoms. The zero-order valence-corrected chi connectivity index (χ0v) is 10.3. The molecular formula is C13H15NO4. The van der Waals surface area contributed by atoms with E-state index in [9.17, 15) is 9.59 Å². The van der Waals surface area contributed by atoms with Crippen LogP contribution in [0.4, 0.5) is 5.69 Å². The summed E-state index contributed by atoms with van der Waals surface area (Å²) in [5.41, 5.74) is 0.675. The first-order valence-electron chi connectivity index (χ1n) is 5.78. The maximum atomic E-state index is 11.9. The molecular weight excluding hydrogens is 234 g/mol. The van der Waals surface area contributed by atoms with Crippen molar-refractivity contribution in [3.8, 4) is 0 Å². The standard InChI is InChI=1S/C13H15NO4/c1-3-18-13(16)10-11(17-2)12(15)14(10)9-7-5-4-6-8-9/h4-8,10-11H,3H2,1-2H3/t10-,11+/m1/s1. The lowest BCUT2D eigenvalue weighted by Crippen LogP contribution is -2.69. The van der Waals surface area contributed by atoms with Crippen LogP contribution in [0.5, 0.6) is 0 Å². The van der Waals surface area contributed by atoms with Gasteiger partial charge in [0, 0.05) is 12.8 Å². The number of anilines is 1. The molecule has 0 radical (unpaired) electrons. The van der Waals surface area contributed by atoms with Crippen LogP contribution in [0.25, 0.3) is 0 Å². The number of methoxy groups -OCH3 is 1. The predicted octanol–water partition coefficient (Wildman–Crippen LogP) is 0.980. The van der Waals surface area contributed by atoms with Crippen LogP contribution in [-0.2, 0) is 19.1 Å². The van der Waals surface area contributed by atoms with Crippen molar-refractivity contribution in [2.24, 2.45) is 0 Å². The molecule has 1 heterocycles. The topological polar surface area (TPSA) is 55.8 Å². The Kier molecular flexibility index (Phi) is 3.62. The fourth-order valence-electron chi connectivity index (χ4n) is 2.03. The zero-order valence-electron chi connectivity index (χ0n) is 10.3. The van der Waals surface area contributed by atoms with E-state index in [-0.39, 0.29) is 12.5 Å². The van der Waals surface area contributed by atoms with Gasteiger partial charge < -0.3 is 9.47 Å². The number of esters is 1. The molecule has 5 nitrogen and oxygen atoms in total. The first-order valence-corrected chi connectivity index (χ1v) is 5.78. The van der Waals surface area contributed by atoms with Gasteiger partial charge in [-0.1, -0.05) is 18.2 Å². The second-order valence-electron chi connectivity index (χ2n) is 3.90. The highest BCUT2D eigenvalue weighted by molar-refractivity contribution is 6.12. The highest BCUT2D eigenvalue weighted by Gasteiger charge is 2.53. The number of hydrogen-bond donors (Lipinski definition) is 0. The quantitative estimate of drug-likeness (QED) is 0.589. The van der Waals surface area contributed by atoms with Crippen molar-refractivity contribution in [3.63, 3.8) is 0 Å². The largest absolute Gasteiger partial charge is 0.464 e. The molecule has 96 valence electrons. The fourth-order valence-corrected chi connectivity index (χ4v) is 2.03. The molecule has 0 aromatic heterocycles. The summed E-state index contributed by atoms with van der Waals surface area (Å²) in [7, 11) is 1.41. The Morgan fingerprint density at radius 1 is 1.33 bits per heavy atom. The molecule has 1 aromatic carbocycles. The zero-order chi connectivity index (χ0) is 13.1. The molecule has 2 atom stereocenters. The SMILES string of the molecule is CCOC(=O)[C@H]1[C@H](OC)C(=O)N1c1ccccc1. The molecule has 0 saturated carbocycles. The first kappa shape index (κ1) is 12.6. The van der Waals surface area contributed by atoms with E-state index < -0.39 is 18.1 Å². The second kappa shape index (κ2) is 5.18. The number of para-hydroxylation sites is 1.